The fourth-order valence-corrected chi connectivity index (χ4v) is 4.79. The van der Waals surface area contributed by atoms with Gasteiger partial charge in [0.1, 0.15) is 9.88 Å². The molecule has 1 fully saturated rings. The lowest BCUT2D eigenvalue weighted by Crippen LogP contribution is -2.37. The highest BCUT2D eigenvalue weighted by Gasteiger charge is 2.32. The first-order valence-corrected chi connectivity index (χ1v) is 9.26. The van der Waals surface area contributed by atoms with Gasteiger partial charge in [0, 0.05) is 12.6 Å². The molecule has 3 rings (SSSR count). The maximum absolute atomic E-state index is 12.9. The molecule has 1 N–H and O–H groups in total. The molecule has 3 heterocycles. The lowest BCUT2D eigenvalue weighted by Gasteiger charge is -2.25. The Bertz CT molecular complexity index is 649. The molecule has 1 aliphatic heterocycles. The maximum atomic E-state index is 12.9. The van der Waals surface area contributed by atoms with E-state index >= 15 is 0 Å². The first-order chi connectivity index (χ1) is 10.6. The van der Waals surface area contributed by atoms with Gasteiger partial charge in [0.05, 0.1) is 16.7 Å². The average Bonchev–Trinajstić information content (AvgIpc) is 3.16. The van der Waals surface area contributed by atoms with E-state index in [0.29, 0.717) is 6.42 Å². The summed E-state index contributed by atoms with van der Waals surface area (Å²) in [5, 5.41) is 12.6. The fourth-order valence-electron chi connectivity index (χ4n) is 2.97. The normalized spacial score (nSPS) is 19.6. The van der Waals surface area contributed by atoms with Crippen LogP contribution in [-0.4, -0.2) is 39.6 Å². The Morgan fingerprint density at radius 2 is 2.41 bits per heavy atom. The van der Waals surface area contributed by atoms with Crippen LogP contribution in [0.4, 0.5) is 0 Å². The van der Waals surface area contributed by atoms with E-state index in [1.165, 1.54) is 11.3 Å². The highest BCUT2D eigenvalue weighted by molar-refractivity contribution is 7.22. The number of nitrogens with zero attached hydrogens (tertiary/aromatic N) is 2. The number of carbonyl (C=O) groups excluding carboxylic acids is 1. The Morgan fingerprint density at radius 3 is 3.09 bits per heavy atom. The van der Waals surface area contributed by atoms with Crippen molar-refractivity contribution in [1.82, 2.24) is 9.88 Å². The molecule has 1 saturated heterocycles. The molecule has 1 amide bonds. The minimum absolute atomic E-state index is 0.0703. The van der Waals surface area contributed by atoms with Gasteiger partial charge < -0.3 is 10.0 Å². The fraction of sp³-hybridized carbons (Fsp3) is 0.500. The number of aromatic nitrogens is 1. The third-order valence-electron chi connectivity index (χ3n) is 3.97. The summed E-state index contributed by atoms with van der Waals surface area (Å²) in [5.74, 6) is 0.0703. The van der Waals surface area contributed by atoms with Crippen molar-refractivity contribution in [3.63, 3.8) is 0 Å². The molecule has 2 unspecified atom stereocenters. The molecule has 0 saturated carbocycles. The van der Waals surface area contributed by atoms with Crippen molar-refractivity contribution in [1.29, 1.82) is 0 Å². The van der Waals surface area contributed by atoms with Gasteiger partial charge >= 0.3 is 0 Å². The number of hydrogen-bond acceptors (Lipinski definition) is 5. The second kappa shape index (κ2) is 6.48. The van der Waals surface area contributed by atoms with Gasteiger partial charge in [0.25, 0.3) is 5.91 Å². The molecule has 6 heteroatoms. The van der Waals surface area contributed by atoms with Crippen LogP contribution in [0.25, 0.3) is 9.88 Å². The summed E-state index contributed by atoms with van der Waals surface area (Å²) < 4.78 is 0. The van der Waals surface area contributed by atoms with Crippen molar-refractivity contribution in [2.45, 2.75) is 45.3 Å². The van der Waals surface area contributed by atoms with E-state index in [4.69, 9.17) is 0 Å². The molecule has 0 aromatic carbocycles. The third-order valence-corrected chi connectivity index (χ3v) is 6.16. The minimum atomic E-state index is -0.373. The Morgan fingerprint density at radius 1 is 1.59 bits per heavy atom. The second-order valence-electron chi connectivity index (χ2n) is 5.79. The maximum Gasteiger partial charge on any atom is 0.266 e. The molecule has 118 valence electrons. The largest absolute Gasteiger partial charge is 0.393 e. The number of carbonyl (C=O) groups is 1. The minimum Gasteiger partial charge on any atom is -0.393 e. The average molecular weight is 336 g/mol. The van der Waals surface area contributed by atoms with Gasteiger partial charge in [-0.1, -0.05) is 6.07 Å². The zero-order chi connectivity index (χ0) is 15.7. The SMILES string of the molecule is Cc1nc(-c2cccs2)sc1C(=O)N1CCCC1CC(C)O. The molecular formula is C16H20N2O2S2. The first kappa shape index (κ1) is 15.6. The van der Waals surface area contributed by atoms with Gasteiger partial charge in [-0.15, -0.1) is 22.7 Å². The number of amides is 1. The van der Waals surface area contributed by atoms with Crippen LogP contribution in [-0.2, 0) is 0 Å². The van der Waals surface area contributed by atoms with E-state index in [1.54, 1.807) is 18.3 Å². The number of aliphatic hydroxyl groups excluding tert-OH is 1. The predicted octanol–water partition coefficient (Wildman–Crippen LogP) is 3.56. The van der Waals surface area contributed by atoms with E-state index < -0.39 is 0 Å². The van der Waals surface area contributed by atoms with Crippen LogP contribution in [0.2, 0.25) is 0 Å². The van der Waals surface area contributed by atoms with Crippen molar-refractivity contribution < 1.29 is 9.90 Å². The van der Waals surface area contributed by atoms with Gasteiger partial charge in [0.2, 0.25) is 0 Å². The Kier molecular flexibility index (Phi) is 4.61. The molecule has 0 bridgehead atoms. The van der Waals surface area contributed by atoms with Crippen LogP contribution in [0.1, 0.15) is 41.6 Å². The van der Waals surface area contributed by atoms with Crippen molar-refractivity contribution in [3.8, 4) is 9.88 Å². The van der Waals surface area contributed by atoms with Gasteiger partial charge in [-0.2, -0.15) is 0 Å². The predicted molar refractivity (Wildman–Crippen MR) is 90.5 cm³/mol. The van der Waals surface area contributed by atoms with E-state index in [1.807, 2.05) is 29.3 Å². The summed E-state index contributed by atoms with van der Waals surface area (Å²) in [5.41, 5.74) is 0.807. The number of rotatable bonds is 4. The molecule has 2 aromatic heterocycles. The highest BCUT2D eigenvalue weighted by Crippen LogP contribution is 2.33. The third kappa shape index (κ3) is 3.09. The summed E-state index contributed by atoms with van der Waals surface area (Å²) in [6, 6.07) is 4.18. The van der Waals surface area contributed by atoms with Gasteiger partial charge in [-0.3, -0.25) is 4.79 Å². The van der Waals surface area contributed by atoms with Crippen molar-refractivity contribution in [2.75, 3.05) is 6.54 Å². The zero-order valence-corrected chi connectivity index (χ0v) is 14.4. The van der Waals surface area contributed by atoms with E-state index in [2.05, 4.69) is 4.98 Å². The lowest BCUT2D eigenvalue weighted by atomic mass is 10.1. The smallest absolute Gasteiger partial charge is 0.266 e. The topological polar surface area (TPSA) is 53.4 Å². The number of thiazole rings is 1. The second-order valence-corrected chi connectivity index (χ2v) is 7.74. The van der Waals surface area contributed by atoms with Crippen LogP contribution in [0.15, 0.2) is 17.5 Å². The monoisotopic (exact) mass is 336 g/mol. The van der Waals surface area contributed by atoms with Crippen molar-refractivity contribution >= 4 is 28.6 Å². The zero-order valence-electron chi connectivity index (χ0n) is 12.8. The van der Waals surface area contributed by atoms with Gasteiger partial charge in [-0.25, -0.2) is 4.98 Å². The van der Waals surface area contributed by atoms with Gasteiger partial charge in [-0.05, 0) is 44.6 Å². The van der Waals surface area contributed by atoms with Crippen LogP contribution < -0.4 is 0 Å². The Hall–Kier alpha value is -1.24. The molecule has 0 radical (unpaired) electrons. The number of hydrogen-bond donors (Lipinski definition) is 1. The molecule has 2 atom stereocenters. The molecule has 0 aliphatic carbocycles. The number of aliphatic hydroxyl groups is 1. The van der Waals surface area contributed by atoms with Crippen molar-refractivity contribution in [3.05, 3.63) is 28.1 Å². The standard InChI is InChI=1S/C16H20N2O2S2/c1-10(19)9-12-5-3-7-18(12)16(20)14-11(2)17-15(22-14)13-6-4-8-21-13/h4,6,8,10,12,19H,3,5,7,9H2,1-2H3. The Balaban J connectivity index is 1.83. The molecule has 0 spiro atoms. The summed E-state index contributed by atoms with van der Waals surface area (Å²) in [6.45, 7) is 4.47. The van der Waals surface area contributed by atoms with Crippen LogP contribution in [0.5, 0.6) is 0 Å². The summed E-state index contributed by atoms with van der Waals surface area (Å²) in [6.07, 6.45) is 2.27. The molecule has 22 heavy (non-hydrogen) atoms. The summed E-state index contributed by atoms with van der Waals surface area (Å²) in [4.78, 5) is 21.2. The summed E-state index contributed by atoms with van der Waals surface area (Å²) >= 11 is 3.12. The molecular weight excluding hydrogens is 316 g/mol. The molecule has 4 nitrogen and oxygen atoms in total. The van der Waals surface area contributed by atoms with Crippen LogP contribution in [0.3, 0.4) is 0 Å². The number of aryl methyl sites for hydroxylation is 1. The quantitative estimate of drug-likeness (QED) is 0.929. The van der Waals surface area contributed by atoms with E-state index in [-0.39, 0.29) is 18.1 Å². The number of likely N-dealkylation sites (tertiary alicyclic amines) is 1. The van der Waals surface area contributed by atoms with E-state index in [0.717, 1.165) is 39.8 Å². The first-order valence-electron chi connectivity index (χ1n) is 7.56. The van der Waals surface area contributed by atoms with Crippen molar-refractivity contribution in [2.24, 2.45) is 0 Å². The van der Waals surface area contributed by atoms with E-state index in [9.17, 15) is 9.90 Å². The summed E-state index contributed by atoms with van der Waals surface area (Å²) in [7, 11) is 0. The lowest BCUT2D eigenvalue weighted by molar-refractivity contribution is 0.0686. The molecule has 2 aromatic rings. The highest BCUT2D eigenvalue weighted by atomic mass is 32.1. The van der Waals surface area contributed by atoms with Gasteiger partial charge in [0.15, 0.2) is 0 Å². The number of thiophene rings is 1. The Labute approximate surface area is 138 Å². The van der Waals surface area contributed by atoms with Crippen LogP contribution >= 0.6 is 22.7 Å². The van der Waals surface area contributed by atoms with Crippen LogP contribution in [0, 0.1) is 6.92 Å². The molecule has 1 aliphatic rings.